The predicted octanol–water partition coefficient (Wildman–Crippen LogP) is -9.36. The van der Waals surface area contributed by atoms with Crippen LogP contribution in [0.25, 0.3) is 0 Å². The van der Waals surface area contributed by atoms with E-state index in [1.165, 1.54) is 7.06 Å². The topological polar surface area (TPSA) is 119 Å². The summed E-state index contributed by atoms with van der Waals surface area (Å²) in [4.78, 5) is 24.1. The number of carbonyl (C=O) groups excluding carboxylic acids is 1. The molecule has 5 rings (SSSR count). The van der Waals surface area contributed by atoms with E-state index >= 15 is 0 Å². The number of anilines is 1. The van der Waals surface area contributed by atoms with E-state index in [0.29, 0.717) is 30.9 Å². The first-order chi connectivity index (χ1) is 35.0. The largest absolute Gasteiger partial charge is 0.494 e. The Bertz CT molecular complexity index is 2020. The van der Waals surface area contributed by atoms with Gasteiger partial charge in [-0.1, -0.05) is 24.3 Å². The molecule has 10 nitrogen and oxygen atoms in total. The quantitative estimate of drug-likeness (QED) is 0.100. The molecule has 76 heavy (non-hydrogen) atoms. The van der Waals surface area contributed by atoms with Crippen LogP contribution in [0.2, 0.25) is 0 Å². The highest BCUT2D eigenvalue weighted by atomic mass is 16.7. The molecular formula is C29H41B37N3O7. The molecular weight excluding hydrogens is 902 g/mol. The summed E-state index contributed by atoms with van der Waals surface area (Å²) < 4.78 is 23.8. The second-order valence-electron chi connectivity index (χ2n) is 22.2. The van der Waals surface area contributed by atoms with Gasteiger partial charge in [0.25, 0.3) is 0 Å². The zero-order valence-corrected chi connectivity index (χ0v) is 45.5. The molecule has 3 heterocycles. The number of nitrogens with zero attached hydrogens (tertiary/aromatic N) is 2. The number of hydrogen-bond acceptors (Lipinski definition) is 8. The van der Waals surface area contributed by atoms with Crippen molar-refractivity contribution in [1.29, 1.82) is 0 Å². The number of nitrogens with one attached hydrogen (secondary N) is 1. The standard InChI is InChI=1S/C17H25BN2O4.C12H16BNO3.B35/c1-16(2)17(3,4)24-18(23-16)12-5-7-13(8-6-12)19-15(22)20-10-9-14(21)11-20;1-11(2)12(3,4)17-13(16-11)9-5-7-10(14-15)8-6-9;1-19-28(18)33(29(20(2)3)21(4)5)35(32(26(14)15)27(16)17)34(30(22(6)7)23(8)9)31(24(10)11)25(12)13/h5-8,14,21H,9-11H2,1-4H3,(H,19,22);5-8H,1-4H3;/t14-;;/m0../s1. The van der Waals surface area contributed by atoms with Crippen LogP contribution in [0, 0.1) is 4.91 Å². The molecule has 47 heteroatoms. The summed E-state index contributed by atoms with van der Waals surface area (Å²) in [7, 11) is 111. The minimum Gasteiger partial charge on any atom is -0.399 e. The van der Waals surface area contributed by atoms with Gasteiger partial charge in [-0.2, -0.15) is 0 Å². The number of urea groups is 1. The number of hydrogen-bond donors (Lipinski definition) is 2. The van der Waals surface area contributed by atoms with Crippen molar-refractivity contribution in [3.05, 3.63) is 53.4 Å². The normalized spacial score (nSPS) is 17.1. The monoisotopic (exact) mass is 951 g/mol. The van der Waals surface area contributed by atoms with Crippen LogP contribution in [0.15, 0.2) is 53.7 Å². The van der Waals surface area contributed by atoms with Crippen molar-refractivity contribution < 1.29 is 28.5 Å². The van der Waals surface area contributed by atoms with Crippen molar-refractivity contribution >= 4 is 291 Å². The summed E-state index contributed by atoms with van der Waals surface area (Å²) in [5.41, 5.74) is 1.49. The van der Waals surface area contributed by atoms with E-state index in [0.717, 1.165) is 10.9 Å². The van der Waals surface area contributed by atoms with E-state index in [1.807, 2.05) is 79.7 Å². The summed E-state index contributed by atoms with van der Waals surface area (Å²) in [5.74, 6) is 0. The van der Waals surface area contributed by atoms with Gasteiger partial charge >= 0.3 is 20.3 Å². The maximum absolute atomic E-state index is 12.1. The molecule has 3 fully saturated rings. The van der Waals surface area contributed by atoms with Crippen LogP contribution >= 0.6 is 0 Å². The van der Waals surface area contributed by atoms with Gasteiger partial charge in [0.2, 0.25) is 0 Å². The van der Waals surface area contributed by atoms with Crippen LogP contribution in [0.3, 0.4) is 0 Å². The second-order valence-corrected chi connectivity index (χ2v) is 22.2. The molecule has 0 bridgehead atoms. The molecule has 2 aromatic rings. The Morgan fingerprint density at radius 2 is 0.855 bits per heavy atom. The van der Waals surface area contributed by atoms with Gasteiger partial charge in [-0.3, -0.25) is 0 Å². The summed E-state index contributed by atoms with van der Waals surface area (Å²) in [6.45, 7) is 17.1. The summed E-state index contributed by atoms with van der Waals surface area (Å²) in [5, 5.41) is 15.2. The van der Waals surface area contributed by atoms with Crippen molar-refractivity contribution in [3.8, 4) is 0 Å². The zero-order valence-electron chi connectivity index (χ0n) is 45.5. The molecule has 3 saturated heterocycles. The average molecular weight is 944 g/mol. The van der Waals surface area contributed by atoms with Gasteiger partial charge in [0, 0.05) is 267 Å². The molecule has 0 aliphatic carbocycles. The molecule has 2 N–H and O–H groups in total. The Kier molecular flexibility index (Phi) is 27.2. The van der Waals surface area contributed by atoms with Crippen LogP contribution in [-0.2, 0) is 18.6 Å². The van der Waals surface area contributed by atoms with Crippen molar-refractivity contribution in [2.24, 2.45) is 5.18 Å². The molecule has 0 saturated carbocycles. The van der Waals surface area contributed by atoms with Gasteiger partial charge < -0.3 is 33.9 Å². The third-order valence-electron chi connectivity index (χ3n) is 15.6. The minimum absolute atomic E-state index is 0.185. The van der Waals surface area contributed by atoms with E-state index < -0.39 is 115 Å². The number of likely N-dealkylation sites (tertiary alicyclic amines) is 1. The highest BCUT2D eigenvalue weighted by Gasteiger charge is 2.56. The Balaban J connectivity index is 0.000000319. The Morgan fingerprint density at radius 1 is 0.553 bits per heavy atom. The lowest BCUT2D eigenvalue weighted by Gasteiger charge is -2.52. The molecule has 37 radical (unpaired) electrons. The molecule has 3 aliphatic heterocycles. The molecule has 0 aromatic heterocycles. The lowest BCUT2D eigenvalue weighted by Crippen LogP contribution is -2.90. The minimum atomic E-state index is -1.13. The van der Waals surface area contributed by atoms with Crippen LogP contribution in [0.5, 0.6) is 0 Å². The lowest BCUT2D eigenvalue weighted by atomic mass is 8.29. The van der Waals surface area contributed by atoms with Gasteiger partial charge in [-0.05, 0) is 102 Å². The lowest BCUT2D eigenvalue weighted by molar-refractivity contribution is 0.00578. The van der Waals surface area contributed by atoms with E-state index in [2.05, 4.69) is 10.5 Å². The maximum atomic E-state index is 12.1. The first-order valence-electron chi connectivity index (χ1n) is 25.4. The maximum Gasteiger partial charge on any atom is 0.494 e. The third kappa shape index (κ3) is 18.0. The first kappa shape index (κ1) is 69.8. The van der Waals surface area contributed by atoms with E-state index in [4.69, 9.17) is 158 Å². The summed E-state index contributed by atoms with van der Waals surface area (Å²) >= 11 is 0. The highest BCUT2D eigenvalue weighted by Crippen LogP contribution is 2.37. The third-order valence-corrected chi connectivity index (χ3v) is 15.6. The van der Waals surface area contributed by atoms with Crippen LogP contribution in [-0.4, -0.2) is 320 Å². The van der Waals surface area contributed by atoms with Crippen LogP contribution in [0.4, 0.5) is 16.2 Å². The fraction of sp³-hybridized carbons (Fsp3) is 0.552. The molecule has 2 amide bonds. The van der Waals surface area contributed by atoms with E-state index in [1.54, 1.807) is 29.2 Å². The van der Waals surface area contributed by atoms with E-state index in [9.17, 15) is 14.8 Å². The summed E-state index contributed by atoms with van der Waals surface area (Å²) in [6.07, 6.45) is -16.2. The molecule has 0 unspecified atom stereocenters. The number of aliphatic hydroxyl groups is 1. The number of carbonyl (C=O) groups is 1. The van der Waals surface area contributed by atoms with Gasteiger partial charge in [0.1, 0.15) is 5.69 Å². The number of aliphatic hydroxyl groups excluding tert-OH is 1. The molecule has 0 spiro atoms. The second kappa shape index (κ2) is 29.7. The molecule has 3 aliphatic rings. The zero-order chi connectivity index (χ0) is 58.2. The van der Waals surface area contributed by atoms with Crippen LogP contribution < -0.4 is 16.2 Å². The number of amides is 2. The fourth-order valence-electron chi connectivity index (χ4n) is 10.0. The number of benzene rings is 2. The Labute approximate surface area is 488 Å². The Hall–Kier alpha value is -0.487. The molecule has 1 atom stereocenters. The fourth-order valence-corrected chi connectivity index (χ4v) is 10.0. The average Bonchev–Trinajstić information content (AvgIpc) is 3.91. The predicted molar refractivity (Wildman–Crippen MR) is 362 cm³/mol. The number of rotatable bonds is 20. The van der Waals surface area contributed by atoms with Gasteiger partial charge in [-0.25, -0.2) is 4.79 Å². The van der Waals surface area contributed by atoms with Crippen molar-refractivity contribution in [2.75, 3.05) is 18.4 Å². The summed E-state index contributed by atoms with van der Waals surface area (Å²) in [6, 6.07) is 14.2. The Morgan fingerprint density at radius 3 is 1.13 bits per heavy atom. The van der Waals surface area contributed by atoms with Gasteiger partial charge in [-0.15, -0.1) is 4.91 Å². The van der Waals surface area contributed by atoms with Gasteiger partial charge in [0.15, 0.2) is 0 Å². The number of nitroso groups, excluding NO2 is 1. The van der Waals surface area contributed by atoms with Crippen LogP contribution in [0.1, 0.15) is 61.8 Å². The molecule has 325 valence electrons. The van der Waals surface area contributed by atoms with Crippen molar-refractivity contribution in [3.63, 3.8) is 0 Å². The highest BCUT2D eigenvalue weighted by molar-refractivity contribution is 8.30. The molecule has 2 aromatic carbocycles. The van der Waals surface area contributed by atoms with Gasteiger partial charge in [0.05, 0.1) is 28.5 Å². The smallest absolute Gasteiger partial charge is 0.399 e. The SMILES string of the molecule is CC1(C)OB(c2ccc(N=O)cc2)OC1(C)C.CC1(C)OB(c2ccc(NC(=O)N3CC[C@H](O)C3)cc2)OC1(C)C.[B][B]B([B])B(B(B([B])[B])B([B])[B])B(B(B([B])[B])B([B])[B])B(B(B([B])[B])B([B])[B])B(B([B])[B])B([B])[B]. The number of β-amino-alcohol motifs (C(OH)–C–C–N with tert-alkyl or cyclic N) is 1. The van der Waals surface area contributed by atoms with E-state index in [-0.39, 0.29) is 35.6 Å². The van der Waals surface area contributed by atoms with Crippen molar-refractivity contribution in [2.45, 2.75) is 90.3 Å². The van der Waals surface area contributed by atoms with Crippen molar-refractivity contribution in [1.82, 2.24) is 4.90 Å². The first-order valence-corrected chi connectivity index (χ1v) is 25.4.